The van der Waals surface area contributed by atoms with Crippen molar-refractivity contribution in [1.29, 1.82) is 0 Å². The van der Waals surface area contributed by atoms with Crippen molar-refractivity contribution in [1.82, 2.24) is 9.97 Å². The number of carboxylic acids is 1. The van der Waals surface area contributed by atoms with Crippen LogP contribution in [-0.4, -0.2) is 21.0 Å². The van der Waals surface area contributed by atoms with Crippen LogP contribution in [0, 0.1) is 0 Å². The molecule has 0 radical (unpaired) electrons. The van der Waals surface area contributed by atoms with Crippen molar-refractivity contribution in [3.63, 3.8) is 0 Å². The highest BCUT2D eigenvalue weighted by atomic mass is 32.1. The number of carboxylic acid groups (broad SMARTS) is 1. The van der Waals surface area contributed by atoms with E-state index in [9.17, 15) is 4.79 Å². The molecule has 1 N–H and O–H groups in total. The van der Waals surface area contributed by atoms with Gasteiger partial charge < -0.3 is 5.11 Å². The number of hydrogen-bond donors (Lipinski definition) is 1. The van der Waals surface area contributed by atoms with Gasteiger partial charge >= 0.3 is 5.97 Å². The van der Waals surface area contributed by atoms with E-state index in [1.54, 1.807) is 18.3 Å². The standard InChI is InChI=1S/C9H6N2O2S/c12-9(13)7-5-11-8(14-7)6-3-1-2-4-10-6/h1-5H,(H,12,13). The van der Waals surface area contributed by atoms with Crippen molar-refractivity contribution in [2.24, 2.45) is 0 Å². The summed E-state index contributed by atoms with van der Waals surface area (Å²) in [5.74, 6) is -0.954. The number of nitrogens with zero attached hydrogens (tertiary/aromatic N) is 2. The van der Waals surface area contributed by atoms with E-state index in [0.717, 1.165) is 11.3 Å². The fraction of sp³-hybridized carbons (Fsp3) is 0. The molecule has 70 valence electrons. The Morgan fingerprint density at radius 3 is 2.79 bits per heavy atom. The fourth-order valence-corrected chi connectivity index (χ4v) is 1.71. The molecule has 0 atom stereocenters. The van der Waals surface area contributed by atoms with Gasteiger partial charge in [-0.25, -0.2) is 9.78 Å². The van der Waals surface area contributed by atoms with Crippen LogP contribution in [0.25, 0.3) is 10.7 Å². The Morgan fingerprint density at radius 1 is 1.36 bits per heavy atom. The summed E-state index contributed by atoms with van der Waals surface area (Å²) < 4.78 is 0. The summed E-state index contributed by atoms with van der Waals surface area (Å²) in [4.78, 5) is 18.9. The Balaban J connectivity index is 2.39. The molecule has 5 heteroatoms. The maximum Gasteiger partial charge on any atom is 0.347 e. The Hall–Kier alpha value is -1.75. The third-order valence-corrected chi connectivity index (χ3v) is 2.61. The van der Waals surface area contributed by atoms with Crippen LogP contribution < -0.4 is 0 Å². The van der Waals surface area contributed by atoms with E-state index in [2.05, 4.69) is 9.97 Å². The highest BCUT2D eigenvalue weighted by molar-refractivity contribution is 7.16. The third kappa shape index (κ3) is 1.62. The Morgan fingerprint density at radius 2 is 2.21 bits per heavy atom. The lowest BCUT2D eigenvalue weighted by molar-refractivity contribution is 0.0702. The number of aromatic carboxylic acids is 1. The molecule has 14 heavy (non-hydrogen) atoms. The summed E-state index contributed by atoms with van der Waals surface area (Å²) in [5, 5.41) is 9.32. The summed E-state index contributed by atoms with van der Waals surface area (Å²) in [7, 11) is 0. The van der Waals surface area contributed by atoms with Crippen LogP contribution in [0.5, 0.6) is 0 Å². The van der Waals surface area contributed by atoms with Crippen LogP contribution in [0.1, 0.15) is 9.67 Å². The molecule has 2 aromatic heterocycles. The van der Waals surface area contributed by atoms with Gasteiger partial charge in [0.15, 0.2) is 0 Å². The van der Waals surface area contributed by atoms with E-state index in [4.69, 9.17) is 5.11 Å². The van der Waals surface area contributed by atoms with E-state index in [0.29, 0.717) is 10.7 Å². The first kappa shape index (κ1) is 8.83. The lowest BCUT2D eigenvalue weighted by Gasteiger charge is -1.91. The van der Waals surface area contributed by atoms with Crippen LogP contribution in [0.3, 0.4) is 0 Å². The number of carbonyl (C=O) groups is 1. The highest BCUT2D eigenvalue weighted by Gasteiger charge is 2.09. The van der Waals surface area contributed by atoms with Crippen LogP contribution >= 0.6 is 11.3 Å². The molecule has 0 aromatic carbocycles. The van der Waals surface area contributed by atoms with Crippen molar-refractivity contribution in [3.05, 3.63) is 35.5 Å². The number of rotatable bonds is 2. The van der Waals surface area contributed by atoms with Crippen LogP contribution in [0.2, 0.25) is 0 Å². The molecular weight excluding hydrogens is 200 g/mol. The van der Waals surface area contributed by atoms with Crippen molar-refractivity contribution in [2.45, 2.75) is 0 Å². The zero-order chi connectivity index (χ0) is 9.97. The summed E-state index contributed by atoms with van der Waals surface area (Å²) in [5.41, 5.74) is 0.699. The second-order valence-corrected chi connectivity index (χ2v) is 3.58. The first-order chi connectivity index (χ1) is 6.77. The van der Waals surface area contributed by atoms with E-state index < -0.39 is 5.97 Å². The van der Waals surface area contributed by atoms with Gasteiger partial charge in [-0.1, -0.05) is 6.07 Å². The second kappa shape index (κ2) is 3.55. The van der Waals surface area contributed by atoms with Crippen molar-refractivity contribution < 1.29 is 9.90 Å². The molecule has 0 unspecified atom stereocenters. The van der Waals surface area contributed by atoms with Crippen molar-refractivity contribution in [3.8, 4) is 10.7 Å². The summed E-state index contributed by atoms with van der Waals surface area (Å²) in [6.45, 7) is 0. The molecule has 0 spiro atoms. The Bertz CT molecular complexity index is 453. The predicted molar refractivity (Wildman–Crippen MR) is 52.3 cm³/mol. The minimum atomic E-state index is -0.954. The molecule has 0 aliphatic heterocycles. The first-order valence-corrected chi connectivity index (χ1v) is 4.69. The van der Waals surface area contributed by atoms with Crippen LogP contribution in [-0.2, 0) is 0 Å². The molecule has 0 saturated carbocycles. The maximum absolute atomic E-state index is 10.6. The number of hydrogen-bond acceptors (Lipinski definition) is 4. The molecule has 0 fully saturated rings. The van der Waals surface area contributed by atoms with Crippen molar-refractivity contribution in [2.75, 3.05) is 0 Å². The van der Waals surface area contributed by atoms with E-state index in [-0.39, 0.29) is 4.88 Å². The minimum absolute atomic E-state index is 0.227. The second-order valence-electron chi connectivity index (χ2n) is 2.55. The topological polar surface area (TPSA) is 63.1 Å². The molecule has 0 aliphatic carbocycles. The van der Waals surface area contributed by atoms with Gasteiger partial charge in [-0.15, -0.1) is 11.3 Å². The van der Waals surface area contributed by atoms with Gasteiger partial charge in [-0.05, 0) is 12.1 Å². The number of thiazole rings is 1. The maximum atomic E-state index is 10.6. The Kier molecular flexibility index (Phi) is 2.24. The number of aromatic nitrogens is 2. The molecule has 0 aliphatic rings. The average Bonchev–Trinajstić information content (AvgIpc) is 2.68. The van der Waals surface area contributed by atoms with Gasteiger partial charge in [-0.2, -0.15) is 0 Å². The van der Waals surface area contributed by atoms with Gasteiger partial charge in [0.2, 0.25) is 0 Å². The zero-order valence-electron chi connectivity index (χ0n) is 7.04. The normalized spacial score (nSPS) is 10.0. The number of pyridine rings is 1. The Labute approximate surface area is 83.9 Å². The summed E-state index contributed by atoms with van der Waals surface area (Å²) >= 11 is 1.12. The van der Waals surface area contributed by atoms with Crippen LogP contribution in [0.4, 0.5) is 0 Å². The molecule has 2 rings (SSSR count). The first-order valence-electron chi connectivity index (χ1n) is 3.88. The molecule has 0 bridgehead atoms. The smallest absolute Gasteiger partial charge is 0.347 e. The summed E-state index contributed by atoms with van der Waals surface area (Å²) in [6, 6.07) is 5.43. The van der Waals surface area contributed by atoms with Crippen molar-refractivity contribution >= 4 is 17.3 Å². The van der Waals surface area contributed by atoms with E-state index >= 15 is 0 Å². The molecule has 2 heterocycles. The molecule has 4 nitrogen and oxygen atoms in total. The molecule has 0 amide bonds. The monoisotopic (exact) mass is 206 g/mol. The average molecular weight is 206 g/mol. The largest absolute Gasteiger partial charge is 0.477 e. The van der Waals surface area contributed by atoms with E-state index in [1.807, 2.05) is 6.07 Å². The molecule has 0 saturated heterocycles. The predicted octanol–water partition coefficient (Wildman–Crippen LogP) is 1.90. The minimum Gasteiger partial charge on any atom is -0.477 e. The molecular formula is C9H6N2O2S. The van der Waals surface area contributed by atoms with Gasteiger partial charge in [0, 0.05) is 6.20 Å². The van der Waals surface area contributed by atoms with Gasteiger partial charge in [-0.3, -0.25) is 4.98 Å². The highest BCUT2D eigenvalue weighted by Crippen LogP contribution is 2.22. The van der Waals surface area contributed by atoms with Gasteiger partial charge in [0.05, 0.1) is 11.9 Å². The lowest BCUT2D eigenvalue weighted by atomic mass is 10.4. The fourth-order valence-electron chi connectivity index (χ4n) is 0.981. The van der Waals surface area contributed by atoms with Gasteiger partial charge in [0.1, 0.15) is 9.88 Å². The van der Waals surface area contributed by atoms with E-state index in [1.165, 1.54) is 6.20 Å². The van der Waals surface area contributed by atoms with Gasteiger partial charge in [0.25, 0.3) is 0 Å². The SMILES string of the molecule is O=C(O)c1cnc(-c2ccccn2)s1. The summed E-state index contributed by atoms with van der Waals surface area (Å²) in [6.07, 6.45) is 2.99. The molecule has 2 aromatic rings. The lowest BCUT2D eigenvalue weighted by Crippen LogP contribution is -1.89. The van der Waals surface area contributed by atoms with Crippen LogP contribution in [0.15, 0.2) is 30.6 Å². The quantitative estimate of drug-likeness (QED) is 0.815. The zero-order valence-corrected chi connectivity index (χ0v) is 7.86. The third-order valence-electron chi connectivity index (χ3n) is 1.60.